The smallest absolute Gasteiger partial charge is 0.305 e. The van der Waals surface area contributed by atoms with Gasteiger partial charge in [-0.3, -0.25) is 4.79 Å². The van der Waals surface area contributed by atoms with Crippen LogP contribution in [0.5, 0.6) is 0 Å². The molecule has 1 N–H and O–H groups in total. The van der Waals surface area contributed by atoms with Crippen LogP contribution >= 0.6 is 0 Å². The Morgan fingerprint density at radius 3 is 2.88 bits per heavy atom. The molecule has 92 valence electrons. The van der Waals surface area contributed by atoms with E-state index in [1.807, 2.05) is 36.4 Å². The lowest BCUT2D eigenvalue weighted by Crippen LogP contribution is -1.98. The first-order chi connectivity index (χ1) is 8.27. The molecular weight excluding hydrogens is 216 g/mol. The average Bonchev–Trinajstić information content (AvgIpc) is 2.38. The summed E-state index contributed by atoms with van der Waals surface area (Å²) >= 11 is 0. The van der Waals surface area contributed by atoms with E-state index in [1.165, 1.54) is 7.11 Å². The van der Waals surface area contributed by atoms with Gasteiger partial charge in [0.2, 0.25) is 0 Å². The molecule has 0 saturated carbocycles. The molecule has 0 radical (unpaired) electrons. The fourth-order valence-corrected chi connectivity index (χ4v) is 1.52. The molecule has 0 atom stereocenters. The van der Waals surface area contributed by atoms with E-state index in [0.717, 1.165) is 24.0 Å². The van der Waals surface area contributed by atoms with Crippen molar-refractivity contribution in [1.29, 1.82) is 0 Å². The molecule has 1 aromatic carbocycles. The molecule has 1 rings (SSSR count). The molecule has 0 aliphatic carbocycles. The molecule has 0 saturated heterocycles. The first-order valence-electron chi connectivity index (χ1n) is 5.70. The topological polar surface area (TPSA) is 46.5 Å². The molecule has 0 aliphatic heterocycles. The summed E-state index contributed by atoms with van der Waals surface area (Å²) in [5.74, 6) is -0.172. The minimum absolute atomic E-state index is 0.0443. The van der Waals surface area contributed by atoms with Gasteiger partial charge in [-0.05, 0) is 24.0 Å². The number of esters is 1. The number of carbonyl (C=O) groups is 1. The third-order valence-electron chi connectivity index (χ3n) is 2.50. The van der Waals surface area contributed by atoms with Gasteiger partial charge in [-0.1, -0.05) is 36.4 Å². The molecule has 3 nitrogen and oxygen atoms in total. The second-order valence-electron chi connectivity index (χ2n) is 3.73. The predicted molar refractivity (Wildman–Crippen MR) is 67.3 cm³/mol. The molecule has 0 aliphatic rings. The first kappa shape index (κ1) is 13.5. The van der Waals surface area contributed by atoms with E-state index < -0.39 is 0 Å². The van der Waals surface area contributed by atoms with E-state index in [9.17, 15) is 4.79 Å². The number of rotatable bonds is 6. The Labute approximate surface area is 102 Å². The Bertz CT molecular complexity index is 383. The van der Waals surface area contributed by atoms with Crippen molar-refractivity contribution in [3.05, 3.63) is 41.5 Å². The van der Waals surface area contributed by atoms with Crippen molar-refractivity contribution in [2.24, 2.45) is 0 Å². The third-order valence-corrected chi connectivity index (χ3v) is 2.50. The zero-order chi connectivity index (χ0) is 12.5. The molecule has 17 heavy (non-hydrogen) atoms. The lowest BCUT2D eigenvalue weighted by molar-refractivity contribution is -0.140. The lowest BCUT2D eigenvalue weighted by atomic mass is 10.1. The van der Waals surface area contributed by atoms with Gasteiger partial charge in [-0.15, -0.1) is 0 Å². The summed E-state index contributed by atoms with van der Waals surface area (Å²) in [5.41, 5.74) is 1.93. The minimum atomic E-state index is -0.172. The van der Waals surface area contributed by atoms with Crippen molar-refractivity contribution in [2.75, 3.05) is 7.11 Å². The number of aliphatic hydroxyl groups is 1. The zero-order valence-electron chi connectivity index (χ0n) is 10.1. The highest BCUT2D eigenvalue weighted by molar-refractivity contribution is 5.69. The van der Waals surface area contributed by atoms with Gasteiger partial charge in [0.15, 0.2) is 0 Å². The van der Waals surface area contributed by atoms with E-state index in [2.05, 4.69) is 4.74 Å². The minimum Gasteiger partial charge on any atom is -0.469 e. The van der Waals surface area contributed by atoms with Gasteiger partial charge >= 0.3 is 5.97 Å². The molecule has 0 spiro atoms. The zero-order valence-corrected chi connectivity index (χ0v) is 10.1. The number of hydrogen-bond acceptors (Lipinski definition) is 3. The maximum absolute atomic E-state index is 10.9. The number of aliphatic hydroxyl groups excluding tert-OH is 1. The largest absolute Gasteiger partial charge is 0.469 e. The van der Waals surface area contributed by atoms with E-state index >= 15 is 0 Å². The second kappa shape index (κ2) is 7.63. The Morgan fingerprint density at radius 1 is 1.41 bits per heavy atom. The number of benzene rings is 1. The van der Waals surface area contributed by atoms with E-state index in [0.29, 0.717) is 6.42 Å². The molecule has 1 aromatic rings. The second-order valence-corrected chi connectivity index (χ2v) is 3.73. The number of carbonyl (C=O) groups excluding carboxylic acids is 1. The normalized spacial score (nSPS) is 10.7. The third kappa shape index (κ3) is 4.83. The highest BCUT2D eigenvalue weighted by Gasteiger charge is 1.98. The van der Waals surface area contributed by atoms with Gasteiger partial charge in [0.25, 0.3) is 0 Å². The highest BCUT2D eigenvalue weighted by Crippen LogP contribution is 2.11. The van der Waals surface area contributed by atoms with Gasteiger partial charge < -0.3 is 9.84 Å². The van der Waals surface area contributed by atoms with Gasteiger partial charge in [0, 0.05) is 6.42 Å². The van der Waals surface area contributed by atoms with Gasteiger partial charge in [-0.2, -0.15) is 0 Å². The summed E-state index contributed by atoms with van der Waals surface area (Å²) in [6, 6.07) is 7.70. The van der Waals surface area contributed by atoms with E-state index in [4.69, 9.17) is 5.11 Å². The molecule has 0 unspecified atom stereocenters. The Kier molecular flexibility index (Phi) is 6.04. The van der Waals surface area contributed by atoms with Crippen molar-refractivity contribution >= 4 is 12.0 Å². The van der Waals surface area contributed by atoms with Gasteiger partial charge in [0.05, 0.1) is 13.7 Å². The number of methoxy groups -OCH3 is 1. The molecule has 0 aromatic heterocycles. The van der Waals surface area contributed by atoms with Crippen LogP contribution in [-0.2, 0) is 16.1 Å². The van der Waals surface area contributed by atoms with Crippen LogP contribution in [0.15, 0.2) is 30.3 Å². The molecule has 0 bridgehead atoms. The van der Waals surface area contributed by atoms with Crippen LogP contribution in [0.2, 0.25) is 0 Å². The van der Waals surface area contributed by atoms with Gasteiger partial charge in [-0.25, -0.2) is 0 Å². The molecule has 3 heteroatoms. The fourth-order valence-electron chi connectivity index (χ4n) is 1.52. The molecule has 0 heterocycles. The van der Waals surface area contributed by atoms with Crippen LogP contribution in [0.4, 0.5) is 0 Å². The van der Waals surface area contributed by atoms with E-state index in [1.54, 1.807) is 0 Å². The maximum atomic E-state index is 10.9. The van der Waals surface area contributed by atoms with Crippen LogP contribution in [0.1, 0.15) is 30.4 Å². The Balaban J connectivity index is 2.40. The standard InChI is InChI=1S/C14H18O3/c1-17-14(16)10-4-2-3-7-12-8-5-6-9-13(12)11-15/h3,5-9,15H,2,4,10-11H2,1H3/b7-3-. The number of hydrogen-bond donors (Lipinski definition) is 1. The summed E-state index contributed by atoms with van der Waals surface area (Å²) in [5, 5.41) is 9.13. The van der Waals surface area contributed by atoms with Crippen LogP contribution in [0.3, 0.4) is 0 Å². The van der Waals surface area contributed by atoms with E-state index in [-0.39, 0.29) is 12.6 Å². The molecule has 0 fully saturated rings. The van der Waals surface area contributed by atoms with Crippen molar-refractivity contribution < 1.29 is 14.6 Å². The van der Waals surface area contributed by atoms with Crippen LogP contribution < -0.4 is 0 Å². The number of unbranched alkanes of at least 4 members (excludes halogenated alkanes) is 1. The lowest BCUT2D eigenvalue weighted by Gasteiger charge is -2.01. The van der Waals surface area contributed by atoms with Crippen LogP contribution in [-0.4, -0.2) is 18.2 Å². The van der Waals surface area contributed by atoms with Gasteiger partial charge in [0.1, 0.15) is 0 Å². The first-order valence-corrected chi connectivity index (χ1v) is 5.70. The SMILES string of the molecule is COC(=O)CCC/C=C\c1ccccc1CO. The summed E-state index contributed by atoms with van der Waals surface area (Å²) in [6.07, 6.45) is 6.04. The van der Waals surface area contributed by atoms with Crippen molar-refractivity contribution in [3.8, 4) is 0 Å². The number of ether oxygens (including phenoxy) is 1. The van der Waals surface area contributed by atoms with Crippen LogP contribution in [0.25, 0.3) is 6.08 Å². The predicted octanol–water partition coefficient (Wildman–Crippen LogP) is 2.54. The Hall–Kier alpha value is -1.61. The summed E-state index contributed by atoms with van der Waals surface area (Å²) in [4.78, 5) is 10.9. The maximum Gasteiger partial charge on any atom is 0.305 e. The average molecular weight is 234 g/mol. The highest BCUT2D eigenvalue weighted by atomic mass is 16.5. The summed E-state index contributed by atoms with van der Waals surface area (Å²) in [6.45, 7) is 0.0443. The quantitative estimate of drug-likeness (QED) is 0.607. The van der Waals surface area contributed by atoms with Crippen molar-refractivity contribution in [3.63, 3.8) is 0 Å². The van der Waals surface area contributed by atoms with Crippen LogP contribution in [0, 0.1) is 0 Å². The summed E-state index contributed by atoms with van der Waals surface area (Å²) in [7, 11) is 1.40. The fraction of sp³-hybridized carbons (Fsp3) is 0.357. The molecular formula is C14H18O3. The molecule has 0 amide bonds. The monoisotopic (exact) mass is 234 g/mol. The Morgan fingerprint density at radius 2 is 2.18 bits per heavy atom. The summed E-state index contributed by atoms with van der Waals surface area (Å²) < 4.78 is 4.56. The van der Waals surface area contributed by atoms with Crippen molar-refractivity contribution in [2.45, 2.75) is 25.9 Å². The van der Waals surface area contributed by atoms with Crippen molar-refractivity contribution in [1.82, 2.24) is 0 Å². The number of allylic oxidation sites excluding steroid dienone is 1.